The van der Waals surface area contributed by atoms with Crippen LogP contribution in [-0.2, 0) is 18.3 Å². The van der Waals surface area contributed by atoms with Crippen LogP contribution in [0.1, 0.15) is 46.2 Å². The maximum atomic E-state index is 2.60. The molecule has 9 aromatic rings. The second-order valence-corrected chi connectivity index (χ2v) is 16.6. The van der Waals surface area contributed by atoms with Crippen LogP contribution >= 0.6 is 0 Å². The van der Waals surface area contributed by atoms with Gasteiger partial charge in [-0.1, -0.05) is 182 Å². The smallest absolute Gasteiger partial charge is 0.0726 e. The standard InChI is InChI=1S/C59H43N/c1-3-18-40(19-4-1)41-34-36-44(37-35-41)60(57-33-16-12-25-46(57)43-20-5-2-6-21-43)58-39-56-51(38-52(58)47-29-17-23-42-22-7-8-24-45(42)47)50-28-11-15-32-55(50)59(56)53-30-13-9-26-48(53)49-27-10-14-31-54(49)59/h1-6,9-21,23,25-39H,7-8,22,24H2. The van der Waals surface area contributed by atoms with E-state index in [0.29, 0.717) is 0 Å². The predicted molar refractivity (Wildman–Crippen MR) is 250 cm³/mol. The average molecular weight is 766 g/mol. The van der Waals surface area contributed by atoms with Crippen LogP contribution in [0.5, 0.6) is 0 Å². The lowest BCUT2D eigenvalue weighted by atomic mass is 9.70. The Balaban J connectivity index is 1.21. The van der Waals surface area contributed by atoms with E-state index in [1.165, 1.54) is 108 Å². The van der Waals surface area contributed by atoms with Gasteiger partial charge in [-0.25, -0.2) is 0 Å². The molecule has 0 radical (unpaired) electrons. The summed E-state index contributed by atoms with van der Waals surface area (Å²) in [4.78, 5) is 2.57. The molecule has 0 saturated carbocycles. The Morgan fingerprint density at radius 3 is 1.50 bits per heavy atom. The number of nitrogens with zero attached hydrogens (tertiary/aromatic N) is 1. The molecule has 0 heterocycles. The van der Waals surface area contributed by atoms with E-state index in [0.717, 1.165) is 24.2 Å². The van der Waals surface area contributed by atoms with Crippen molar-refractivity contribution in [3.05, 3.63) is 246 Å². The van der Waals surface area contributed by atoms with E-state index in [9.17, 15) is 0 Å². The largest absolute Gasteiger partial charge is 0.309 e. The number of benzene rings is 9. The summed E-state index contributed by atoms with van der Waals surface area (Å²) in [6, 6.07) is 79.6. The van der Waals surface area contributed by atoms with Gasteiger partial charge in [0, 0.05) is 16.8 Å². The van der Waals surface area contributed by atoms with E-state index < -0.39 is 5.41 Å². The SMILES string of the molecule is c1ccc(-c2ccc(N(c3ccccc3-c3ccccc3)c3cc4c(cc3-c3cccc5c3CCCC5)-c3ccccc3C43c4ccccc4-c4ccccc43)cc2)cc1. The first-order valence-electron chi connectivity index (χ1n) is 21.5. The van der Waals surface area contributed by atoms with Gasteiger partial charge >= 0.3 is 0 Å². The van der Waals surface area contributed by atoms with Gasteiger partial charge in [0.05, 0.1) is 16.8 Å². The van der Waals surface area contributed by atoms with E-state index in [-0.39, 0.29) is 0 Å². The van der Waals surface area contributed by atoms with E-state index in [1.807, 2.05) is 0 Å². The number of para-hydroxylation sites is 1. The van der Waals surface area contributed by atoms with Crippen LogP contribution < -0.4 is 4.90 Å². The zero-order valence-electron chi connectivity index (χ0n) is 33.5. The third-order valence-electron chi connectivity index (χ3n) is 13.5. The number of fused-ring (bicyclic) bond motifs is 11. The second-order valence-electron chi connectivity index (χ2n) is 16.6. The van der Waals surface area contributed by atoms with Crippen LogP contribution in [0.2, 0.25) is 0 Å². The first-order chi connectivity index (χ1) is 29.8. The van der Waals surface area contributed by atoms with Gasteiger partial charge in [-0.15, -0.1) is 0 Å². The molecule has 1 spiro atoms. The number of rotatable bonds is 6. The van der Waals surface area contributed by atoms with Gasteiger partial charge < -0.3 is 4.90 Å². The molecule has 0 atom stereocenters. The van der Waals surface area contributed by atoms with E-state index in [2.05, 4.69) is 217 Å². The van der Waals surface area contributed by atoms with Gasteiger partial charge in [-0.05, 0) is 134 Å². The molecule has 0 fully saturated rings. The summed E-state index contributed by atoms with van der Waals surface area (Å²) < 4.78 is 0. The first-order valence-corrected chi connectivity index (χ1v) is 21.5. The van der Waals surface area contributed by atoms with Crippen molar-refractivity contribution in [3.63, 3.8) is 0 Å². The fourth-order valence-corrected chi connectivity index (χ4v) is 10.9. The van der Waals surface area contributed by atoms with Crippen molar-refractivity contribution in [1.82, 2.24) is 0 Å². The number of hydrogen-bond donors (Lipinski definition) is 0. The lowest BCUT2D eigenvalue weighted by molar-refractivity contribution is 0.687. The predicted octanol–water partition coefficient (Wildman–Crippen LogP) is 15.4. The van der Waals surface area contributed by atoms with Gasteiger partial charge in [-0.2, -0.15) is 0 Å². The Morgan fingerprint density at radius 1 is 0.317 bits per heavy atom. The third kappa shape index (κ3) is 5.19. The zero-order chi connectivity index (χ0) is 39.6. The molecule has 1 heteroatoms. The van der Waals surface area contributed by atoms with Crippen molar-refractivity contribution in [3.8, 4) is 55.6 Å². The topological polar surface area (TPSA) is 3.24 Å². The molecule has 12 rings (SSSR count). The second kappa shape index (κ2) is 14.0. The Bertz CT molecular complexity index is 3040. The Kier molecular flexibility index (Phi) is 8.10. The third-order valence-corrected chi connectivity index (χ3v) is 13.5. The molecule has 0 bridgehead atoms. The molecule has 0 unspecified atom stereocenters. The van der Waals surface area contributed by atoms with Crippen molar-refractivity contribution in [2.75, 3.05) is 4.90 Å². The molecule has 3 aliphatic carbocycles. The lowest BCUT2D eigenvalue weighted by Crippen LogP contribution is -2.26. The minimum absolute atomic E-state index is 0.468. The highest BCUT2D eigenvalue weighted by atomic mass is 15.1. The zero-order valence-corrected chi connectivity index (χ0v) is 33.5. The molecule has 0 amide bonds. The lowest BCUT2D eigenvalue weighted by Gasteiger charge is -2.34. The van der Waals surface area contributed by atoms with Crippen molar-refractivity contribution in [2.45, 2.75) is 31.1 Å². The summed E-state index contributed by atoms with van der Waals surface area (Å²) in [5, 5.41) is 0. The molecule has 0 saturated heterocycles. The van der Waals surface area contributed by atoms with Crippen LogP contribution in [0.3, 0.4) is 0 Å². The molecule has 1 nitrogen and oxygen atoms in total. The van der Waals surface area contributed by atoms with E-state index >= 15 is 0 Å². The van der Waals surface area contributed by atoms with E-state index in [1.54, 1.807) is 0 Å². The fraction of sp³-hybridized carbons (Fsp3) is 0.0847. The highest BCUT2D eigenvalue weighted by Crippen LogP contribution is 2.64. The minimum Gasteiger partial charge on any atom is -0.309 e. The first kappa shape index (κ1) is 34.8. The normalized spacial score (nSPS) is 13.9. The molecule has 0 aliphatic heterocycles. The van der Waals surface area contributed by atoms with Crippen LogP contribution in [-0.4, -0.2) is 0 Å². The maximum absolute atomic E-state index is 2.60. The number of aryl methyl sites for hydroxylation is 1. The Morgan fingerprint density at radius 2 is 0.833 bits per heavy atom. The number of hydrogen-bond acceptors (Lipinski definition) is 1. The summed E-state index contributed by atoms with van der Waals surface area (Å²) >= 11 is 0. The molecular weight excluding hydrogens is 723 g/mol. The van der Waals surface area contributed by atoms with E-state index in [4.69, 9.17) is 0 Å². The molecule has 60 heavy (non-hydrogen) atoms. The van der Waals surface area contributed by atoms with Crippen LogP contribution in [0, 0.1) is 0 Å². The molecular formula is C59H43N. The fourth-order valence-electron chi connectivity index (χ4n) is 10.9. The molecule has 284 valence electrons. The average Bonchev–Trinajstić information content (AvgIpc) is 3.79. The van der Waals surface area contributed by atoms with Crippen molar-refractivity contribution < 1.29 is 0 Å². The summed E-state index contributed by atoms with van der Waals surface area (Å²) in [6.07, 6.45) is 4.68. The van der Waals surface area contributed by atoms with Crippen LogP contribution in [0.25, 0.3) is 55.6 Å². The van der Waals surface area contributed by atoms with Gasteiger partial charge in [-0.3, -0.25) is 0 Å². The summed E-state index contributed by atoms with van der Waals surface area (Å²) in [5.74, 6) is 0. The van der Waals surface area contributed by atoms with Crippen LogP contribution in [0.4, 0.5) is 17.1 Å². The summed E-state index contributed by atoms with van der Waals surface area (Å²) in [6.45, 7) is 0. The van der Waals surface area contributed by atoms with Crippen molar-refractivity contribution >= 4 is 17.1 Å². The Hall–Kier alpha value is -7.22. The van der Waals surface area contributed by atoms with Crippen LogP contribution in [0.15, 0.2) is 212 Å². The summed E-state index contributed by atoms with van der Waals surface area (Å²) in [7, 11) is 0. The highest BCUT2D eigenvalue weighted by molar-refractivity contribution is 6.01. The monoisotopic (exact) mass is 765 g/mol. The highest BCUT2D eigenvalue weighted by Gasteiger charge is 2.52. The molecule has 9 aromatic carbocycles. The quantitative estimate of drug-likeness (QED) is 0.163. The molecule has 0 aromatic heterocycles. The van der Waals surface area contributed by atoms with Crippen molar-refractivity contribution in [2.24, 2.45) is 0 Å². The minimum atomic E-state index is -0.468. The Labute approximate surface area is 352 Å². The maximum Gasteiger partial charge on any atom is 0.0726 e. The summed E-state index contributed by atoms with van der Waals surface area (Å²) in [5.41, 5.74) is 24.1. The van der Waals surface area contributed by atoms with Crippen molar-refractivity contribution in [1.29, 1.82) is 0 Å². The molecule has 3 aliphatic rings. The number of anilines is 3. The van der Waals surface area contributed by atoms with Gasteiger partial charge in [0.2, 0.25) is 0 Å². The van der Waals surface area contributed by atoms with Gasteiger partial charge in [0.1, 0.15) is 0 Å². The van der Waals surface area contributed by atoms with Gasteiger partial charge in [0.25, 0.3) is 0 Å². The van der Waals surface area contributed by atoms with Gasteiger partial charge in [0.15, 0.2) is 0 Å². The molecule has 0 N–H and O–H groups in total.